The van der Waals surface area contributed by atoms with Gasteiger partial charge in [-0.1, -0.05) is 17.1 Å². The van der Waals surface area contributed by atoms with E-state index in [4.69, 9.17) is 4.74 Å². The summed E-state index contributed by atoms with van der Waals surface area (Å²) in [5.41, 5.74) is 2.89. The number of hydrogen-bond acceptors (Lipinski definition) is 3. The zero-order valence-corrected chi connectivity index (χ0v) is 14.5. The Kier molecular flexibility index (Phi) is 4.54. The fourth-order valence-electron chi connectivity index (χ4n) is 3.13. The maximum atomic E-state index is 14.4. The van der Waals surface area contributed by atoms with E-state index < -0.39 is 0 Å². The standard InChI is InChI=1S/C20H22FN3O/c1-14-10-16(8-7-15-5-6-15)19(21)11-18(14)20-13-24(23-22-20)12-17-4-2-3-9-25-17/h10-11,13,15,17H,2-6,9,12H2,1H3. The van der Waals surface area contributed by atoms with Gasteiger partial charge in [-0.3, -0.25) is 0 Å². The summed E-state index contributed by atoms with van der Waals surface area (Å²) in [4.78, 5) is 0. The lowest BCUT2D eigenvalue weighted by molar-refractivity contribution is 0.00370. The Hall–Kier alpha value is -2.19. The molecule has 0 bridgehead atoms. The molecule has 1 aromatic carbocycles. The predicted octanol–water partition coefficient (Wildman–Crippen LogP) is 3.72. The highest BCUT2D eigenvalue weighted by atomic mass is 19.1. The van der Waals surface area contributed by atoms with Crippen molar-refractivity contribution in [2.24, 2.45) is 5.92 Å². The summed E-state index contributed by atoms with van der Waals surface area (Å²) in [5, 5.41) is 8.41. The second-order valence-corrected chi connectivity index (χ2v) is 7.00. The monoisotopic (exact) mass is 339 g/mol. The molecule has 1 saturated carbocycles. The SMILES string of the molecule is Cc1cc(C#CC2CC2)c(F)cc1-c1cn(CC2CCCCO2)nn1. The molecule has 25 heavy (non-hydrogen) atoms. The summed E-state index contributed by atoms with van der Waals surface area (Å²) in [6.45, 7) is 3.47. The first kappa shape index (κ1) is 16.3. The molecule has 0 radical (unpaired) electrons. The molecule has 1 aliphatic heterocycles. The summed E-state index contributed by atoms with van der Waals surface area (Å²) in [7, 11) is 0. The van der Waals surface area contributed by atoms with Gasteiger partial charge >= 0.3 is 0 Å². The fourth-order valence-corrected chi connectivity index (χ4v) is 3.13. The quantitative estimate of drug-likeness (QED) is 0.800. The van der Waals surface area contributed by atoms with E-state index in [2.05, 4.69) is 22.2 Å². The Morgan fingerprint density at radius 3 is 2.92 bits per heavy atom. The van der Waals surface area contributed by atoms with Crippen molar-refractivity contribution in [3.8, 4) is 23.1 Å². The van der Waals surface area contributed by atoms with Crippen molar-refractivity contribution in [3.05, 3.63) is 35.3 Å². The van der Waals surface area contributed by atoms with Crippen molar-refractivity contribution in [3.63, 3.8) is 0 Å². The van der Waals surface area contributed by atoms with Crippen LogP contribution in [0.5, 0.6) is 0 Å². The molecule has 1 unspecified atom stereocenters. The lowest BCUT2D eigenvalue weighted by Crippen LogP contribution is -2.24. The van der Waals surface area contributed by atoms with Crippen molar-refractivity contribution >= 4 is 0 Å². The number of hydrogen-bond donors (Lipinski definition) is 0. The van der Waals surface area contributed by atoms with Crippen LogP contribution in [0, 0.1) is 30.5 Å². The van der Waals surface area contributed by atoms with Gasteiger partial charge in [0.1, 0.15) is 11.5 Å². The largest absolute Gasteiger partial charge is 0.376 e. The smallest absolute Gasteiger partial charge is 0.139 e. The third kappa shape index (κ3) is 3.91. The van der Waals surface area contributed by atoms with E-state index in [0.717, 1.165) is 43.4 Å². The molecule has 0 N–H and O–H groups in total. The summed E-state index contributed by atoms with van der Waals surface area (Å²) < 4.78 is 21.9. The molecule has 5 heteroatoms. The zero-order chi connectivity index (χ0) is 17.2. The lowest BCUT2D eigenvalue weighted by atomic mass is 10.0. The normalized spacial score (nSPS) is 20.2. The average Bonchev–Trinajstić information content (AvgIpc) is 3.34. The Bertz CT molecular complexity index is 823. The Balaban J connectivity index is 1.53. The first-order valence-corrected chi connectivity index (χ1v) is 9.03. The van der Waals surface area contributed by atoms with E-state index in [0.29, 0.717) is 23.7 Å². The van der Waals surface area contributed by atoms with E-state index in [-0.39, 0.29) is 11.9 Å². The van der Waals surface area contributed by atoms with Crippen molar-refractivity contribution < 1.29 is 9.13 Å². The molecule has 2 aliphatic rings. The summed E-state index contributed by atoms with van der Waals surface area (Å²) in [5.74, 6) is 6.25. The number of benzene rings is 1. The van der Waals surface area contributed by atoms with Crippen LogP contribution in [-0.2, 0) is 11.3 Å². The van der Waals surface area contributed by atoms with E-state index in [9.17, 15) is 4.39 Å². The molecule has 2 fully saturated rings. The molecule has 1 aromatic heterocycles. The molecule has 1 atom stereocenters. The third-order valence-corrected chi connectivity index (χ3v) is 4.78. The number of ether oxygens (including phenoxy) is 1. The Labute approximate surface area is 147 Å². The topological polar surface area (TPSA) is 39.9 Å². The summed E-state index contributed by atoms with van der Waals surface area (Å²) in [6, 6.07) is 3.33. The van der Waals surface area contributed by atoms with Gasteiger partial charge in [0, 0.05) is 18.1 Å². The molecule has 0 spiro atoms. The first-order valence-electron chi connectivity index (χ1n) is 9.03. The van der Waals surface area contributed by atoms with Gasteiger partial charge in [-0.15, -0.1) is 5.10 Å². The molecule has 4 nitrogen and oxygen atoms in total. The summed E-state index contributed by atoms with van der Waals surface area (Å²) >= 11 is 0. The molecule has 2 heterocycles. The van der Waals surface area contributed by atoms with E-state index in [1.54, 1.807) is 4.68 Å². The highest BCUT2D eigenvalue weighted by Gasteiger charge is 2.19. The van der Waals surface area contributed by atoms with E-state index >= 15 is 0 Å². The van der Waals surface area contributed by atoms with Gasteiger partial charge in [-0.25, -0.2) is 9.07 Å². The van der Waals surface area contributed by atoms with Crippen LogP contribution in [0.15, 0.2) is 18.3 Å². The van der Waals surface area contributed by atoms with Crippen LogP contribution >= 0.6 is 0 Å². The molecule has 0 amide bonds. The minimum Gasteiger partial charge on any atom is -0.376 e. The number of halogens is 1. The predicted molar refractivity (Wildman–Crippen MR) is 93.3 cm³/mol. The van der Waals surface area contributed by atoms with Crippen LogP contribution in [-0.4, -0.2) is 27.7 Å². The first-order chi connectivity index (χ1) is 12.2. The van der Waals surface area contributed by atoms with E-state index in [1.165, 1.54) is 12.5 Å². The maximum Gasteiger partial charge on any atom is 0.139 e. The van der Waals surface area contributed by atoms with E-state index in [1.807, 2.05) is 19.2 Å². The van der Waals surface area contributed by atoms with Gasteiger partial charge in [-0.2, -0.15) is 0 Å². The van der Waals surface area contributed by atoms with Crippen molar-refractivity contribution in [1.82, 2.24) is 15.0 Å². The van der Waals surface area contributed by atoms with Crippen LogP contribution in [0.4, 0.5) is 4.39 Å². The van der Waals surface area contributed by atoms with Crippen molar-refractivity contribution in [2.75, 3.05) is 6.61 Å². The van der Waals surface area contributed by atoms with Gasteiger partial charge in [-0.05, 0) is 56.7 Å². The van der Waals surface area contributed by atoms with Gasteiger partial charge < -0.3 is 4.74 Å². The van der Waals surface area contributed by atoms with Gasteiger partial charge in [0.2, 0.25) is 0 Å². The second-order valence-electron chi connectivity index (χ2n) is 7.00. The van der Waals surface area contributed by atoms with Crippen LogP contribution < -0.4 is 0 Å². The Morgan fingerprint density at radius 1 is 1.28 bits per heavy atom. The number of nitrogens with zero attached hydrogens (tertiary/aromatic N) is 3. The number of rotatable bonds is 3. The average molecular weight is 339 g/mol. The molecule has 4 rings (SSSR count). The second kappa shape index (κ2) is 6.97. The highest BCUT2D eigenvalue weighted by molar-refractivity contribution is 5.64. The molecule has 2 aromatic rings. The molecule has 1 saturated heterocycles. The molecular weight excluding hydrogens is 317 g/mol. The minimum atomic E-state index is -0.293. The Morgan fingerprint density at radius 2 is 2.16 bits per heavy atom. The van der Waals surface area contributed by atoms with Crippen LogP contribution in [0.25, 0.3) is 11.3 Å². The van der Waals surface area contributed by atoms with Crippen LogP contribution in [0.1, 0.15) is 43.2 Å². The van der Waals surface area contributed by atoms with Gasteiger partial charge in [0.25, 0.3) is 0 Å². The van der Waals surface area contributed by atoms with Crippen molar-refractivity contribution in [2.45, 2.75) is 51.7 Å². The lowest BCUT2D eigenvalue weighted by Gasteiger charge is -2.21. The zero-order valence-electron chi connectivity index (χ0n) is 14.5. The fraction of sp³-hybridized carbons (Fsp3) is 0.500. The molecular formula is C20H22FN3O. The minimum absolute atomic E-state index is 0.196. The van der Waals surface area contributed by atoms with Crippen molar-refractivity contribution in [1.29, 1.82) is 0 Å². The number of aromatic nitrogens is 3. The summed E-state index contributed by atoms with van der Waals surface area (Å²) in [6.07, 6.45) is 7.72. The number of aryl methyl sites for hydroxylation is 1. The highest BCUT2D eigenvalue weighted by Crippen LogP contribution is 2.28. The molecule has 1 aliphatic carbocycles. The molecule has 130 valence electrons. The van der Waals surface area contributed by atoms with Crippen LogP contribution in [0.3, 0.4) is 0 Å². The maximum absolute atomic E-state index is 14.4. The van der Waals surface area contributed by atoms with Gasteiger partial charge in [0.15, 0.2) is 0 Å². The third-order valence-electron chi connectivity index (χ3n) is 4.78. The van der Waals surface area contributed by atoms with Crippen LogP contribution in [0.2, 0.25) is 0 Å². The van der Waals surface area contributed by atoms with Gasteiger partial charge in [0.05, 0.1) is 24.4 Å².